The van der Waals surface area contributed by atoms with Gasteiger partial charge >= 0.3 is 0 Å². The maximum absolute atomic E-state index is 5.34. The van der Waals surface area contributed by atoms with Crippen LogP contribution in [0.3, 0.4) is 0 Å². The summed E-state index contributed by atoms with van der Waals surface area (Å²) >= 11 is 0. The van der Waals surface area contributed by atoms with Gasteiger partial charge in [-0.05, 0) is 30.0 Å². The van der Waals surface area contributed by atoms with E-state index in [2.05, 4.69) is 63.0 Å². The van der Waals surface area contributed by atoms with Crippen molar-refractivity contribution in [3.63, 3.8) is 0 Å². The molecular weight excluding hydrogens is 324 g/mol. The van der Waals surface area contributed by atoms with Crippen molar-refractivity contribution in [1.29, 1.82) is 0 Å². The summed E-state index contributed by atoms with van der Waals surface area (Å²) in [5.41, 5.74) is 2.49. The molecule has 1 unspecified atom stereocenters. The van der Waals surface area contributed by atoms with Crippen LogP contribution in [-0.2, 0) is 6.54 Å². The lowest BCUT2D eigenvalue weighted by Crippen LogP contribution is -2.39. The molecule has 1 atom stereocenters. The number of guanidine groups is 1. The molecule has 2 N–H and O–H groups in total. The lowest BCUT2D eigenvalue weighted by atomic mass is 10.1. The molecule has 3 rings (SSSR count). The molecule has 1 aliphatic heterocycles. The van der Waals surface area contributed by atoms with Crippen molar-refractivity contribution in [2.45, 2.75) is 13.0 Å². The minimum absolute atomic E-state index is 0.608. The Balaban J connectivity index is 1.45. The second-order valence-corrected chi connectivity index (χ2v) is 6.59. The smallest absolute Gasteiger partial charge is 0.191 e. The van der Waals surface area contributed by atoms with Crippen LogP contribution in [0, 0.1) is 5.92 Å². The van der Waals surface area contributed by atoms with Crippen LogP contribution in [-0.4, -0.2) is 39.8 Å². The van der Waals surface area contributed by atoms with E-state index in [4.69, 9.17) is 4.74 Å². The normalized spacial score (nSPS) is 17.2. The van der Waals surface area contributed by atoms with Gasteiger partial charge in [0.1, 0.15) is 5.75 Å². The molecule has 2 aromatic carbocycles. The van der Waals surface area contributed by atoms with Crippen LogP contribution >= 0.6 is 0 Å². The van der Waals surface area contributed by atoms with Gasteiger partial charge < -0.3 is 20.3 Å². The summed E-state index contributed by atoms with van der Waals surface area (Å²) in [5.74, 6) is 2.37. The lowest BCUT2D eigenvalue weighted by Gasteiger charge is -2.20. The van der Waals surface area contributed by atoms with E-state index in [0.717, 1.165) is 37.9 Å². The quantitative estimate of drug-likeness (QED) is 0.620. The largest absolute Gasteiger partial charge is 0.497 e. The molecule has 0 spiro atoms. The summed E-state index contributed by atoms with van der Waals surface area (Å²) in [6.45, 7) is 3.83. The van der Waals surface area contributed by atoms with Gasteiger partial charge in [0, 0.05) is 45.0 Å². The van der Waals surface area contributed by atoms with Crippen molar-refractivity contribution in [2.24, 2.45) is 10.9 Å². The van der Waals surface area contributed by atoms with E-state index in [1.807, 2.05) is 19.2 Å². The Kier molecular flexibility index (Phi) is 6.36. The fraction of sp³-hybridized carbons (Fsp3) is 0.381. The van der Waals surface area contributed by atoms with E-state index in [0.29, 0.717) is 5.92 Å². The molecule has 26 heavy (non-hydrogen) atoms. The third kappa shape index (κ3) is 4.91. The molecule has 5 heteroatoms. The minimum Gasteiger partial charge on any atom is -0.497 e. The molecule has 1 saturated heterocycles. The van der Waals surface area contributed by atoms with E-state index in [9.17, 15) is 0 Å². The first-order valence-electron chi connectivity index (χ1n) is 9.16. The Morgan fingerprint density at radius 2 is 2.00 bits per heavy atom. The van der Waals surface area contributed by atoms with Crippen molar-refractivity contribution in [1.82, 2.24) is 10.6 Å². The zero-order chi connectivity index (χ0) is 18.2. The third-order valence-electron chi connectivity index (χ3n) is 4.79. The Morgan fingerprint density at radius 3 is 2.77 bits per heavy atom. The topological polar surface area (TPSA) is 48.9 Å². The van der Waals surface area contributed by atoms with Gasteiger partial charge in [0.2, 0.25) is 0 Å². The zero-order valence-corrected chi connectivity index (χ0v) is 15.6. The molecular formula is C21H28N4O. The standard InChI is InChI=1S/C21H28N4O/c1-22-21(23-14-17-7-4-3-5-8-17)24-15-18-11-12-25(16-18)19-9-6-10-20(13-19)26-2/h3-10,13,18H,11-12,14-16H2,1-2H3,(H2,22,23,24). The van der Waals surface area contributed by atoms with Crippen molar-refractivity contribution < 1.29 is 4.74 Å². The number of nitrogens with zero attached hydrogens (tertiary/aromatic N) is 2. The second kappa shape index (κ2) is 9.13. The highest BCUT2D eigenvalue weighted by Crippen LogP contribution is 2.26. The van der Waals surface area contributed by atoms with Crippen molar-refractivity contribution >= 4 is 11.6 Å². The Hall–Kier alpha value is -2.69. The molecule has 0 radical (unpaired) electrons. The van der Waals surface area contributed by atoms with Gasteiger partial charge in [-0.1, -0.05) is 36.4 Å². The number of anilines is 1. The number of ether oxygens (including phenoxy) is 1. The maximum Gasteiger partial charge on any atom is 0.191 e. The minimum atomic E-state index is 0.608. The van der Waals surface area contributed by atoms with Gasteiger partial charge in [-0.25, -0.2) is 0 Å². The Labute approximate surface area is 156 Å². The molecule has 1 heterocycles. The molecule has 1 aliphatic rings. The van der Waals surface area contributed by atoms with Gasteiger partial charge in [-0.3, -0.25) is 4.99 Å². The first kappa shape index (κ1) is 18.1. The Morgan fingerprint density at radius 1 is 1.15 bits per heavy atom. The number of rotatable bonds is 6. The summed E-state index contributed by atoms with van der Waals surface area (Å²) < 4.78 is 5.34. The zero-order valence-electron chi connectivity index (χ0n) is 15.6. The molecule has 0 aromatic heterocycles. The van der Waals surface area contributed by atoms with E-state index in [1.54, 1.807) is 7.11 Å². The number of hydrogen-bond donors (Lipinski definition) is 2. The van der Waals surface area contributed by atoms with Gasteiger partial charge in [-0.2, -0.15) is 0 Å². The Bertz CT molecular complexity index is 717. The summed E-state index contributed by atoms with van der Waals surface area (Å²) in [4.78, 5) is 6.75. The monoisotopic (exact) mass is 352 g/mol. The highest BCUT2D eigenvalue weighted by Gasteiger charge is 2.23. The van der Waals surface area contributed by atoms with Crippen LogP contribution in [0.2, 0.25) is 0 Å². The second-order valence-electron chi connectivity index (χ2n) is 6.59. The summed E-state index contributed by atoms with van der Waals surface area (Å²) in [6.07, 6.45) is 1.18. The maximum atomic E-state index is 5.34. The molecule has 0 amide bonds. The van der Waals surface area contributed by atoms with Crippen molar-refractivity contribution in [2.75, 3.05) is 38.7 Å². The predicted molar refractivity (Wildman–Crippen MR) is 108 cm³/mol. The molecule has 0 aliphatic carbocycles. The number of hydrogen-bond acceptors (Lipinski definition) is 3. The van der Waals surface area contributed by atoms with E-state index in [-0.39, 0.29) is 0 Å². The number of methoxy groups -OCH3 is 1. The van der Waals surface area contributed by atoms with Gasteiger partial charge in [0.15, 0.2) is 5.96 Å². The van der Waals surface area contributed by atoms with Crippen molar-refractivity contribution in [3.8, 4) is 5.75 Å². The van der Waals surface area contributed by atoms with Gasteiger partial charge in [-0.15, -0.1) is 0 Å². The molecule has 0 saturated carbocycles. The highest BCUT2D eigenvalue weighted by atomic mass is 16.5. The summed E-state index contributed by atoms with van der Waals surface area (Å²) in [6, 6.07) is 18.7. The van der Waals surface area contributed by atoms with Crippen LogP contribution < -0.4 is 20.3 Å². The SMILES string of the molecule is CN=C(NCc1ccccc1)NCC1CCN(c2cccc(OC)c2)C1. The predicted octanol–water partition coefficient (Wildman–Crippen LogP) is 2.89. The average molecular weight is 352 g/mol. The number of benzene rings is 2. The molecule has 5 nitrogen and oxygen atoms in total. The van der Waals surface area contributed by atoms with Crippen LogP contribution in [0.25, 0.3) is 0 Å². The van der Waals surface area contributed by atoms with Crippen molar-refractivity contribution in [3.05, 3.63) is 60.2 Å². The summed E-state index contributed by atoms with van der Waals surface area (Å²) in [5, 5.41) is 6.84. The number of aliphatic imine (C=N–C) groups is 1. The van der Waals surface area contributed by atoms with Gasteiger partial charge in [0.25, 0.3) is 0 Å². The highest BCUT2D eigenvalue weighted by molar-refractivity contribution is 5.79. The van der Waals surface area contributed by atoms with Crippen LogP contribution in [0.4, 0.5) is 5.69 Å². The number of nitrogens with one attached hydrogen (secondary N) is 2. The fourth-order valence-electron chi connectivity index (χ4n) is 3.28. The third-order valence-corrected chi connectivity index (χ3v) is 4.79. The van der Waals surface area contributed by atoms with E-state index >= 15 is 0 Å². The van der Waals surface area contributed by atoms with Crippen LogP contribution in [0.5, 0.6) is 5.75 Å². The first-order valence-corrected chi connectivity index (χ1v) is 9.16. The molecule has 138 valence electrons. The molecule has 1 fully saturated rings. The van der Waals surface area contributed by atoms with E-state index < -0.39 is 0 Å². The van der Waals surface area contributed by atoms with Gasteiger partial charge in [0.05, 0.1) is 7.11 Å². The van der Waals surface area contributed by atoms with Crippen LogP contribution in [0.1, 0.15) is 12.0 Å². The first-order chi connectivity index (χ1) is 12.8. The average Bonchev–Trinajstić information content (AvgIpc) is 3.18. The fourth-order valence-corrected chi connectivity index (χ4v) is 3.28. The molecule has 0 bridgehead atoms. The lowest BCUT2D eigenvalue weighted by molar-refractivity contribution is 0.415. The molecule has 2 aromatic rings. The summed E-state index contributed by atoms with van der Waals surface area (Å²) in [7, 11) is 3.53. The van der Waals surface area contributed by atoms with Crippen LogP contribution in [0.15, 0.2) is 59.6 Å². The van der Waals surface area contributed by atoms with E-state index in [1.165, 1.54) is 17.7 Å².